The Kier molecular flexibility index (Phi) is 7.59. The number of rotatable bonds is 9. The third-order valence-corrected chi connectivity index (χ3v) is 4.83. The molecule has 7 heteroatoms. The highest BCUT2D eigenvalue weighted by atomic mass is 35.5. The predicted molar refractivity (Wildman–Crippen MR) is 107 cm³/mol. The number of halogens is 2. The van der Waals surface area contributed by atoms with Crippen molar-refractivity contribution in [2.75, 3.05) is 23.5 Å². The van der Waals surface area contributed by atoms with Crippen LogP contribution in [0.4, 0.5) is 11.5 Å². The Balaban J connectivity index is 2.16. The summed E-state index contributed by atoms with van der Waals surface area (Å²) in [6.07, 6.45) is 7.47. The highest BCUT2D eigenvalue weighted by molar-refractivity contribution is 7.97. The van der Waals surface area contributed by atoms with Gasteiger partial charge in [0, 0.05) is 29.1 Å². The van der Waals surface area contributed by atoms with Crippen molar-refractivity contribution >= 4 is 46.7 Å². The van der Waals surface area contributed by atoms with Crippen LogP contribution in [0.2, 0.25) is 5.02 Å². The summed E-state index contributed by atoms with van der Waals surface area (Å²) in [4.78, 5) is 4.10. The van der Waals surface area contributed by atoms with Gasteiger partial charge in [-0.1, -0.05) is 48.5 Å². The monoisotopic (exact) mass is 382 g/mol. The number of nitrogen functional groups attached to an aromatic ring is 1. The van der Waals surface area contributed by atoms with E-state index in [1.807, 2.05) is 42.6 Å². The van der Waals surface area contributed by atoms with Gasteiger partial charge in [0.1, 0.15) is 5.82 Å². The summed E-state index contributed by atoms with van der Waals surface area (Å²) in [7, 11) is 0. The van der Waals surface area contributed by atoms with Crippen molar-refractivity contribution < 1.29 is 0 Å². The van der Waals surface area contributed by atoms with Gasteiger partial charge in [-0.2, -0.15) is 0 Å². The molecular formula is C17H20Cl2N4S. The molecule has 0 saturated heterocycles. The number of aromatic amines is 1. The molecule has 0 spiro atoms. The van der Waals surface area contributed by atoms with Crippen molar-refractivity contribution in [2.24, 2.45) is 0 Å². The molecule has 1 aromatic heterocycles. The molecule has 1 atom stereocenters. The van der Waals surface area contributed by atoms with Gasteiger partial charge >= 0.3 is 0 Å². The van der Waals surface area contributed by atoms with Gasteiger partial charge in [0.25, 0.3) is 0 Å². The Hall–Kier alpha value is -1.53. The molecule has 0 fully saturated rings. The first kappa shape index (κ1) is 18.8. The van der Waals surface area contributed by atoms with Gasteiger partial charge < -0.3 is 16.0 Å². The molecule has 0 radical (unpaired) electrons. The number of hydrogen-bond acceptors (Lipinski definition) is 4. The van der Waals surface area contributed by atoms with Crippen LogP contribution in [0.3, 0.4) is 0 Å². The Morgan fingerprint density at radius 3 is 2.88 bits per heavy atom. The number of hydrogen-bond donors (Lipinski definition) is 4. The number of aromatic nitrogens is 1. The molecule has 1 aromatic carbocycles. The lowest BCUT2D eigenvalue weighted by atomic mass is 10.1. The molecule has 4 nitrogen and oxygen atoms in total. The largest absolute Gasteiger partial charge is 0.395 e. The number of benzene rings is 1. The Morgan fingerprint density at radius 2 is 2.17 bits per heavy atom. The molecule has 2 aromatic rings. The van der Waals surface area contributed by atoms with Crippen molar-refractivity contribution in [2.45, 2.75) is 10.9 Å². The average Bonchev–Trinajstić information content (AvgIpc) is 2.95. The van der Waals surface area contributed by atoms with E-state index < -0.39 is 0 Å². The minimum atomic E-state index is -0.105. The van der Waals surface area contributed by atoms with Crippen molar-refractivity contribution in [3.8, 4) is 0 Å². The number of nitrogens with one attached hydrogen (secondary N) is 3. The number of anilines is 2. The first-order chi connectivity index (χ1) is 11.7. The van der Waals surface area contributed by atoms with E-state index in [4.69, 9.17) is 28.9 Å². The molecule has 0 amide bonds. The van der Waals surface area contributed by atoms with Gasteiger partial charge in [-0.25, -0.2) is 4.72 Å². The van der Waals surface area contributed by atoms with E-state index in [1.165, 1.54) is 11.9 Å². The summed E-state index contributed by atoms with van der Waals surface area (Å²) in [6, 6.07) is 7.57. The van der Waals surface area contributed by atoms with Gasteiger partial charge in [0.2, 0.25) is 0 Å². The summed E-state index contributed by atoms with van der Waals surface area (Å²) in [6.45, 7) is 4.36. The quantitative estimate of drug-likeness (QED) is 0.280. The smallest absolute Gasteiger partial charge is 0.127 e. The van der Waals surface area contributed by atoms with Crippen molar-refractivity contribution in [3.05, 3.63) is 65.9 Å². The van der Waals surface area contributed by atoms with Crippen LogP contribution in [0, 0.1) is 0 Å². The van der Waals surface area contributed by atoms with Crippen LogP contribution in [-0.4, -0.2) is 17.4 Å². The summed E-state index contributed by atoms with van der Waals surface area (Å²) in [5, 5.41) is 3.87. The zero-order valence-electron chi connectivity index (χ0n) is 13.1. The van der Waals surface area contributed by atoms with Crippen LogP contribution in [0.15, 0.2) is 60.2 Å². The molecule has 5 N–H and O–H groups in total. The van der Waals surface area contributed by atoms with Crippen molar-refractivity contribution in [1.82, 2.24) is 9.71 Å². The lowest BCUT2D eigenvalue weighted by Gasteiger charge is -2.15. The molecule has 2 rings (SSSR count). The molecule has 0 saturated carbocycles. The molecule has 0 bridgehead atoms. The highest BCUT2D eigenvalue weighted by Gasteiger charge is 2.16. The van der Waals surface area contributed by atoms with Gasteiger partial charge in [-0.05, 0) is 24.1 Å². The van der Waals surface area contributed by atoms with E-state index in [0.717, 1.165) is 16.3 Å². The first-order valence-electron chi connectivity index (χ1n) is 7.40. The van der Waals surface area contributed by atoms with Crippen molar-refractivity contribution in [1.29, 1.82) is 0 Å². The maximum atomic E-state index is 6.24. The minimum Gasteiger partial charge on any atom is -0.395 e. The second-order valence-corrected chi connectivity index (χ2v) is 6.56. The second kappa shape index (κ2) is 9.69. The third-order valence-electron chi connectivity index (χ3n) is 3.26. The first-order valence-corrected chi connectivity index (χ1v) is 9.13. The van der Waals surface area contributed by atoms with Crippen LogP contribution in [0.5, 0.6) is 0 Å². The van der Waals surface area contributed by atoms with E-state index in [9.17, 15) is 0 Å². The maximum Gasteiger partial charge on any atom is 0.127 e. The SMILES string of the molecule is C=C/C=C\C(NSc1ccccc1Cl)c1c[nH]c(NCCCl)c1N. The topological polar surface area (TPSA) is 65.9 Å². The standard InChI is InChI=1S/C17H20Cl2N4S/c1-2-3-7-14(23-24-15-8-5-4-6-13(15)19)12-11-22-17(16(12)20)21-10-9-18/h2-8,11,14,21-23H,1,9-10,20H2/b7-3-. The predicted octanol–water partition coefficient (Wildman–Crippen LogP) is 4.98. The number of nitrogens with two attached hydrogens (primary N) is 1. The maximum absolute atomic E-state index is 6.24. The fraction of sp³-hybridized carbons (Fsp3) is 0.176. The zero-order valence-corrected chi connectivity index (χ0v) is 15.4. The van der Waals surface area contributed by atoms with Crippen LogP contribution in [0.1, 0.15) is 11.6 Å². The second-order valence-electron chi connectivity index (χ2n) is 4.90. The lowest BCUT2D eigenvalue weighted by Crippen LogP contribution is -2.13. The summed E-state index contributed by atoms with van der Waals surface area (Å²) in [5.41, 5.74) is 7.84. The molecule has 0 aliphatic carbocycles. The number of alkyl halides is 1. The molecular weight excluding hydrogens is 363 g/mol. The van der Waals surface area contributed by atoms with E-state index in [0.29, 0.717) is 23.1 Å². The van der Waals surface area contributed by atoms with E-state index >= 15 is 0 Å². The number of H-pyrrole nitrogens is 1. The molecule has 128 valence electrons. The fourth-order valence-electron chi connectivity index (χ4n) is 2.08. The van der Waals surface area contributed by atoms with Gasteiger partial charge in [0.15, 0.2) is 0 Å². The minimum absolute atomic E-state index is 0.105. The highest BCUT2D eigenvalue weighted by Crippen LogP contribution is 2.32. The molecule has 0 aliphatic heterocycles. The Morgan fingerprint density at radius 1 is 1.38 bits per heavy atom. The normalized spacial score (nSPS) is 12.4. The molecule has 0 aliphatic rings. The summed E-state index contributed by atoms with van der Waals surface area (Å²) in [5.74, 6) is 1.28. The van der Waals surface area contributed by atoms with Crippen LogP contribution >= 0.6 is 35.1 Å². The zero-order chi connectivity index (χ0) is 17.4. The van der Waals surface area contributed by atoms with Crippen LogP contribution in [-0.2, 0) is 0 Å². The van der Waals surface area contributed by atoms with E-state index in [-0.39, 0.29) is 6.04 Å². The van der Waals surface area contributed by atoms with Crippen LogP contribution in [0.25, 0.3) is 0 Å². The molecule has 24 heavy (non-hydrogen) atoms. The fourth-order valence-corrected chi connectivity index (χ4v) is 3.19. The number of allylic oxidation sites excluding steroid dienone is 2. The average molecular weight is 383 g/mol. The van der Waals surface area contributed by atoms with Crippen molar-refractivity contribution in [3.63, 3.8) is 0 Å². The Labute approximate surface area is 156 Å². The molecule has 1 heterocycles. The van der Waals surface area contributed by atoms with E-state index in [2.05, 4.69) is 21.6 Å². The molecule has 1 unspecified atom stereocenters. The summed E-state index contributed by atoms with van der Waals surface area (Å²) >= 11 is 13.4. The third kappa shape index (κ3) is 4.98. The van der Waals surface area contributed by atoms with Gasteiger partial charge in [-0.15, -0.1) is 11.6 Å². The lowest BCUT2D eigenvalue weighted by molar-refractivity contribution is 0.840. The van der Waals surface area contributed by atoms with Gasteiger partial charge in [-0.3, -0.25) is 0 Å². The van der Waals surface area contributed by atoms with Crippen LogP contribution < -0.4 is 15.8 Å². The van der Waals surface area contributed by atoms with Gasteiger partial charge in [0.05, 0.1) is 16.8 Å². The summed E-state index contributed by atoms with van der Waals surface area (Å²) < 4.78 is 3.38. The van der Waals surface area contributed by atoms with E-state index in [1.54, 1.807) is 6.08 Å². The Bertz CT molecular complexity index is 700.